The van der Waals surface area contributed by atoms with Crippen LogP contribution in [0.4, 0.5) is 26.3 Å². The summed E-state index contributed by atoms with van der Waals surface area (Å²) in [5.74, 6) is 0. The maximum absolute atomic E-state index is 12.8. The third-order valence-corrected chi connectivity index (χ3v) is 3.76. The molecule has 0 aromatic heterocycles. The standard InChI is InChI=1S/C17H14ClF6NO/c18-14-3-1-11(2-4-14)15(25)9-26-8-10-5-12(16(19,20)21)7-13(6-10)17(22,23)24/h1-7,15H,8-9,25H2. The molecule has 0 fully saturated rings. The fourth-order valence-electron chi connectivity index (χ4n) is 2.21. The molecule has 1 unspecified atom stereocenters. The van der Waals surface area contributed by atoms with Crippen LogP contribution in [0.2, 0.25) is 5.02 Å². The van der Waals surface area contributed by atoms with Gasteiger partial charge < -0.3 is 10.5 Å². The quantitative estimate of drug-likeness (QED) is 0.667. The van der Waals surface area contributed by atoms with Gasteiger partial charge in [0.25, 0.3) is 0 Å². The van der Waals surface area contributed by atoms with Crippen LogP contribution < -0.4 is 5.73 Å². The third-order valence-electron chi connectivity index (χ3n) is 3.51. The molecule has 0 aliphatic rings. The van der Waals surface area contributed by atoms with Gasteiger partial charge in [0.1, 0.15) is 0 Å². The van der Waals surface area contributed by atoms with Crippen molar-refractivity contribution in [3.63, 3.8) is 0 Å². The molecule has 0 bridgehead atoms. The molecule has 26 heavy (non-hydrogen) atoms. The highest BCUT2D eigenvalue weighted by molar-refractivity contribution is 6.30. The molecular formula is C17H14ClF6NO. The van der Waals surface area contributed by atoms with E-state index in [1.165, 1.54) is 0 Å². The summed E-state index contributed by atoms with van der Waals surface area (Å²) < 4.78 is 82.0. The van der Waals surface area contributed by atoms with E-state index in [4.69, 9.17) is 22.1 Å². The maximum atomic E-state index is 12.8. The van der Waals surface area contributed by atoms with Crippen LogP contribution >= 0.6 is 11.6 Å². The minimum atomic E-state index is -4.89. The minimum Gasteiger partial charge on any atom is -0.375 e. The van der Waals surface area contributed by atoms with Crippen molar-refractivity contribution >= 4 is 11.6 Å². The number of alkyl halides is 6. The van der Waals surface area contributed by atoms with Gasteiger partial charge in [-0.05, 0) is 41.5 Å². The lowest BCUT2D eigenvalue weighted by Crippen LogP contribution is -2.17. The van der Waals surface area contributed by atoms with Gasteiger partial charge in [0.15, 0.2) is 0 Å². The van der Waals surface area contributed by atoms with Crippen molar-refractivity contribution in [3.8, 4) is 0 Å². The van der Waals surface area contributed by atoms with Gasteiger partial charge >= 0.3 is 12.4 Å². The number of hydrogen-bond acceptors (Lipinski definition) is 2. The molecule has 1 atom stereocenters. The summed E-state index contributed by atoms with van der Waals surface area (Å²) in [4.78, 5) is 0. The Hall–Kier alpha value is -1.77. The van der Waals surface area contributed by atoms with Crippen molar-refractivity contribution in [2.45, 2.75) is 25.0 Å². The first-order valence-corrected chi connectivity index (χ1v) is 7.72. The smallest absolute Gasteiger partial charge is 0.375 e. The summed E-state index contributed by atoms with van der Waals surface area (Å²) in [6.45, 7) is -0.520. The van der Waals surface area contributed by atoms with Crippen molar-refractivity contribution in [2.75, 3.05) is 6.61 Å². The zero-order valence-electron chi connectivity index (χ0n) is 13.2. The van der Waals surface area contributed by atoms with Crippen LogP contribution in [0.5, 0.6) is 0 Å². The molecule has 142 valence electrons. The van der Waals surface area contributed by atoms with Crippen LogP contribution in [-0.4, -0.2) is 6.61 Å². The summed E-state index contributed by atoms with van der Waals surface area (Å²) in [7, 11) is 0. The van der Waals surface area contributed by atoms with E-state index < -0.39 is 36.1 Å². The van der Waals surface area contributed by atoms with E-state index in [1.807, 2.05) is 0 Å². The molecule has 0 spiro atoms. The Balaban J connectivity index is 2.09. The van der Waals surface area contributed by atoms with Crippen LogP contribution in [0.25, 0.3) is 0 Å². The molecular weight excluding hydrogens is 384 g/mol. The Labute approximate surface area is 150 Å². The van der Waals surface area contributed by atoms with Crippen molar-refractivity contribution in [3.05, 3.63) is 69.7 Å². The van der Waals surface area contributed by atoms with Gasteiger partial charge in [-0.1, -0.05) is 23.7 Å². The normalized spacial score (nSPS) is 13.7. The summed E-state index contributed by atoms with van der Waals surface area (Å²) >= 11 is 5.75. The van der Waals surface area contributed by atoms with Crippen molar-refractivity contribution in [1.82, 2.24) is 0 Å². The second-order valence-corrected chi connectivity index (χ2v) is 6.02. The highest BCUT2D eigenvalue weighted by Gasteiger charge is 2.36. The van der Waals surface area contributed by atoms with Gasteiger partial charge in [-0.25, -0.2) is 0 Å². The van der Waals surface area contributed by atoms with E-state index in [0.29, 0.717) is 22.7 Å². The van der Waals surface area contributed by atoms with Crippen molar-refractivity contribution in [2.24, 2.45) is 5.73 Å². The molecule has 0 saturated heterocycles. The first-order valence-electron chi connectivity index (χ1n) is 7.34. The number of benzene rings is 2. The molecule has 2 N–H and O–H groups in total. The molecule has 0 saturated carbocycles. The van der Waals surface area contributed by atoms with Gasteiger partial charge in [-0.15, -0.1) is 0 Å². The van der Waals surface area contributed by atoms with Crippen molar-refractivity contribution < 1.29 is 31.1 Å². The summed E-state index contributed by atoms with van der Waals surface area (Å²) in [5, 5.41) is 0.505. The average Bonchev–Trinajstić information content (AvgIpc) is 2.53. The second-order valence-electron chi connectivity index (χ2n) is 5.59. The van der Waals surface area contributed by atoms with Gasteiger partial charge in [0.05, 0.1) is 30.4 Å². The second kappa shape index (κ2) is 7.85. The van der Waals surface area contributed by atoms with E-state index in [-0.39, 0.29) is 18.2 Å². The summed E-state index contributed by atoms with van der Waals surface area (Å²) in [6.07, 6.45) is -9.79. The van der Waals surface area contributed by atoms with Crippen LogP contribution in [0, 0.1) is 0 Å². The Bertz CT molecular complexity index is 710. The molecule has 0 amide bonds. The van der Waals surface area contributed by atoms with E-state index >= 15 is 0 Å². The van der Waals surface area contributed by atoms with E-state index in [2.05, 4.69) is 0 Å². The number of ether oxygens (including phenoxy) is 1. The zero-order chi connectivity index (χ0) is 19.5. The number of hydrogen-bond donors (Lipinski definition) is 1. The van der Waals surface area contributed by atoms with E-state index in [9.17, 15) is 26.3 Å². The molecule has 2 nitrogen and oxygen atoms in total. The SMILES string of the molecule is NC(COCc1cc(C(F)(F)F)cc(C(F)(F)F)c1)c1ccc(Cl)cc1. The molecule has 2 aromatic rings. The fourth-order valence-corrected chi connectivity index (χ4v) is 2.34. The van der Waals surface area contributed by atoms with Crippen LogP contribution in [0.3, 0.4) is 0 Å². The Morgan fingerprint density at radius 2 is 1.38 bits per heavy atom. The zero-order valence-corrected chi connectivity index (χ0v) is 13.9. The minimum absolute atomic E-state index is 0.0724. The van der Waals surface area contributed by atoms with Gasteiger partial charge in [-0.3, -0.25) is 0 Å². The molecule has 0 aliphatic carbocycles. The van der Waals surface area contributed by atoms with E-state index in [0.717, 1.165) is 0 Å². The molecule has 0 heterocycles. The van der Waals surface area contributed by atoms with E-state index in [1.54, 1.807) is 24.3 Å². The Morgan fingerprint density at radius 3 is 1.85 bits per heavy atom. The highest BCUT2D eigenvalue weighted by Crippen LogP contribution is 2.36. The molecule has 2 rings (SSSR count). The predicted molar refractivity (Wildman–Crippen MR) is 84.5 cm³/mol. The van der Waals surface area contributed by atoms with Gasteiger partial charge in [0, 0.05) is 5.02 Å². The van der Waals surface area contributed by atoms with Crippen molar-refractivity contribution in [1.29, 1.82) is 0 Å². The lowest BCUT2D eigenvalue weighted by atomic mass is 10.1. The molecule has 0 radical (unpaired) electrons. The largest absolute Gasteiger partial charge is 0.416 e. The number of halogens is 7. The lowest BCUT2D eigenvalue weighted by molar-refractivity contribution is -0.143. The van der Waals surface area contributed by atoms with Gasteiger partial charge in [-0.2, -0.15) is 26.3 Å². The average molecular weight is 398 g/mol. The fraction of sp³-hybridized carbons (Fsp3) is 0.294. The topological polar surface area (TPSA) is 35.2 Å². The molecule has 2 aromatic carbocycles. The predicted octanol–water partition coefficient (Wildman–Crippen LogP) is 5.59. The van der Waals surface area contributed by atoms with Crippen LogP contribution in [0.15, 0.2) is 42.5 Å². The van der Waals surface area contributed by atoms with Crippen LogP contribution in [0.1, 0.15) is 28.3 Å². The Kier molecular flexibility index (Phi) is 6.21. The highest BCUT2D eigenvalue weighted by atomic mass is 35.5. The molecule has 9 heteroatoms. The van der Waals surface area contributed by atoms with Crippen LogP contribution in [-0.2, 0) is 23.7 Å². The monoisotopic (exact) mass is 397 g/mol. The summed E-state index contributed by atoms with van der Waals surface area (Å²) in [5.41, 5.74) is 3.55. The number of nitrogens with two attached hydrogens (primary N) is 1. The lowest BCUT2D eigenvalue weighted by Gasteiger charge is -2.16. The first-order chi connectivity index (χ1) is 12.0. The maximum Gasteiger partial charge on any atom is 0.416 e. The number of rotatable bonds is 5. The molecule has 0 aliphatic heterocycles. The first kappa shape index (κ1) is 20.5. The summed E-state index contributed by atoms with van der Waals surface area (Å²) in [6, 6.07) is 7.26. The Morgan fingerprint density at radius 1 is 0.885 bits per heavy atom. The van der Waals surface area contributed by atoms with Gasteiger partial charge in [0.2, 0.25) is 0 Å². The third kappa shape index (κ3) is 5.62.